The molecule has 4 aromatic rings. The Hall–Kier alpha value is -3.08. The van der Waals surface area contributed by atoms with Crippen molar-refractivity contribution < 1.29 is 4.74 Å². The van der Waals surface area contributed by atoms with Crippen LogP contribution in [-0.2, 0) is 0 Å². The van der Waals surface area contributed by atoms with Crippen LogP contribution in [0.5, 0.6) is 5.75 Å². The van der Waals surface area contributed by atoms with Gasteiger partial charge >= 0.3 is 0 Å². The Balaban J connectivity index is 2.13. The van der Waals surface area contributed by atoms with Crippen molar-refractivity contribution in [1.29, 1.82) is 0 Å². The number of hydrogen-bond acceptors (Lipinski definition) is 3. The first-order chi connectivity index (χ1) is 10.8. The minimum absolute atomic E-state index is 0.139. The molecule has 0 bridgehead atoms. The number of ether oxygens (including phenoxy) is 1. The highest BCUT2D eigenvalue weighted by Gasteiger charge is 2.12. The van der Waals surface area contributed by atoms with Gasteiger partial charge in [-0.05, 0) is 24.3 Å². The van der Waals surface area contributed by atoms with Crippen molar-refractivity contribution in [3.63, 3.8) is 0 Å². The summed E-state index contributed by atoms with van der Waals surface area (Å²) < 4.78 is 8.89. The second kappa shape index (κ2) is 4.73. The highest BCUT2D eigenvalue weighted by Crippen LogP contribution is 2.26. The van der Waals surface area contributed by atoms with E-state index >= 15 is 0 Å². The lowest BCUT2D eigenvalue weighted by molar-refractivity contribution is 0.418. The van der Waals surface area contributed by atoms with Crippen LogP contribution in [0.4, 0.5) is 0 Å². The molecule has 22 heavy (non-hydrogen) atoms. The fourth-order valence-corrected chi connectivity index (χ4v) is 2.68. The molecule has 5 heteroatoms. The number of hydrogen-bond donors (Lipinski definition) is 0. The second-order valence-corrected chi connectivity index (χ2v) is 4.97. The van der Waals surface area contributed by atoms with Gasteiger partial charge < -0.3 is 9.14 Å². The molecule has 0 radical (unpaired) electrons. The van der Waals surface area contributed by atoms with Gasteiger partial charge in [-0.2, -0.15) is 0 Å². The van der Waals surface area contributed by atoms with Gasteiger partial charge in [-0.3, -0.25) is 9.36 Å². The SMILES string of the molecule is COc1cccc2ccc(=O)n(-c3cn4ccccc4n3)c12. The number of para-hydroxylation sites is 1. The first-order valence-electron chi connectivity index (χ1n) is 6.91. The fraction of sp³-hybridized carbons (Fsp3) is 0.0588. The van der Waals surface area contributed by atoms with Gasteiger partial charge in [-0.25, -0.2) is 4.98 Å². The molecule has 0 N–H and O–H groups in total. The van der Waals surface area contributed by atoms with Crippen LogP contribution in [0.1, 0.15) is 0 Å². The molecular formula is C17H13N3O2. The number of fused-ring (bicyclic) bond motifs is 2. The van der Waals surface area contributed by atoms with E-state index in [0.29, 0.717) is 11.6 Å². The summed E-state index contributed by atoms with van der Waals surface area (Å²) in [6.07, 6.45) is 3.74. The summed E-state index contributed by atoms with van der Waals surface area (Å²) in [4.78, 5) is 17.0. The first-order valence-corrected chi connectivity index (χ1v) is 6.91. The van der Waals surface area contributed by atoms with Gasteiger partial charge in [0.05, 0.1) is 18.8 Å². The van der Waals surface area contributed by atoms with E-state index in [4.69, 9.17) is 4.74 Å². The van der Waals surface area contributed by atoms with Gasteiger partial charge in [-0.15, -0.1) is 0 Å². The summed E-state index contributed by atoms with van der Waals surface area (Å²) in [7, 11) is 1.60. The normalized spacial score (nSPS) is 11.1. The summed E-state index contributed by atoms with van der Waals surface area (Å²) in [5, 5.41) is 0.927. The highest BCUT2D eigenvalue weighted by molar-refractivity contribution is 5.86. The maximum atomic E-state index is 12.4. The zero-order chi connectivity index (χ0) is 15.1. The van der Waals surface area contributed by atoms with E-state index in [0.717, 1.165) is 16.6 Å². The predicted octanol–water partition coefficient (Wildman–Crippen LogP) is 2.65. The number of benzene rings is 1. The Morgan fingerprint density at radius 2 is 1.95 bits per heavy atom. The molecule has 3 heterocycles. The molecular weight excluding hydrogens is 278 g/mol. The number of imidazole rings is 1. The van der Waals surface area contributed by atoms with Crippen LogP contribution in [0.15, 0.2) is 65.7 Å². The van der Waals surface area contributed by atoms with Gasteiger partial charge in [0.2, 0.25) is 0 Å². The van der Waals surface area contributed by atoms with Crippen LogP contribution in [0.2, 0.25) is 0 Å². The number of pyridine rings is 2. The highest BCUT2D eigenvalue weighted by atomic mass is 16.5. The average molecular weight is 291 g/mol. The van der Waals surface area contributed by atoms with Crippen LogP contribution in [0, 0.1) is 0 Å². The predicted molar refractivity (Wildman–Crippen MR) is 84.8 cm³/mol. The molecule has 0 saturated heterocycles. The number of nitrogens with zero attached hydrogens (tertiary/aromatic N) is 3. The van der Waals surface area contributed by atoms with Crippen molar-refractivity contribution in [3.8, 4) is 11.6 Å². The molecule has 3 aromatic heterocycles. The Morgan fingerprint density at radius 3 is 2.77 bits per heavy atom. The van der Waals surface area contributed by atoms with E-state index in [1.54, 1.807) is 23.8 Å². The third-order valence-electron chi connectivity index (χ3n) is 3.68. The van der Waals surface area contributed by atoms with Crippen LogP contribution in [0.25, 0.3) is 22.4 Å². The zero-order valence-corrected chi connectivity index (χ0v) is 11.9. The van der Waals surface area contributed by atoms with Gasteiger partial charge in [0, 0.05) is 17.6 Å². The van der Waals surface area contributed by atoms with Crippen molar-refractivity contribution in [2.75, 3.05) is 7.11 Å². The van der Waals surface area contributed by atoms with Gasteiger partial charge in [0.15, 0.2) is 5.82 Å². The molecule has 1 aromatic carbocycles. The Morgan fingerprint density at radius 1 is 1.05 bits per heavy atom. The molecule has 0 unspecified atom stereocenters. The molecule has 0 aliphatic heterocycles. The van der Waals surface area contributed by atoms with E-state index < -0.39 is 0 Å². The van der Waals surface area contributed by atoms with Crippen LogP contribution in [-0.4, -0.2) is 21.1 Å². The zero-order valence-electron chi connectivity index (χ0n) is 11.9. The van der Waals surface area contributed by atoms with Crippen LogP contribution < -0.4 is 10.3 Å². The van der Waals surface area contributed by atoms with E-state index in [9.17, 15) is 4.79 Å². The van der Waals surface area contributed by atoms with Gasteiger partial charge in [-0.1, -0.05) is 18.2 Å². The lowest BCUT2D eigenvalue weighted by atomic mass is 10.2. The quantitative estimate of drug-likeness (QED) is 0.570. The number of methoxy groups -OCH3 is 1. The first kappa shape index (κ1) is 12.6. The standard InChI is InChI=1S/C17H13N3O2/c1-22-13-6-4-5-12-8-9-16(21)20(17(12)13)15-11-19-10-3-2-7-14(19)18-15/h2-11H,1H3. The smallest absolute Gasteiger partial charge is 0.256 e. The Bertz CT molecular complexity index is 1010. The second-order valence-electron chi connectivity index (χ2n) is 4.97. The maximum absolute atomic E-state index is 12.4. The molecule has 108 valence electrons. The Labute approximate surface area is 126 Å². The van der Waals surface area contributed by atoms with Crippen LogP contribution >= 0.6 is 0 Å². The lowest BCUT2D eigenvalue weighted by Gasteiger charge is -2.10. The summed E-state index contributed by atoms with van der Waals surface area (Å²) in [5.74, 6) is 1.22. The Kier molecular flexibility index (Phi) is 2.72. The van der Waals surface area contributed by atoms with Crippen molar-refractivity contribution in [3.05, 3.63) is 71.3 Å². The lowest BCUT2D eigenvalue weighted by Crippen LogP contribution is -2.18. The summed E-state index contributed by atoms with van der Waals surface area (Å²) in [5.41, 5.74) is 1.37. The van der Waals surface area contributed by atoms with Crippen molar-refractivity contribution >= 4 is 16.6 Å². The third-order valence-corrected chi connectivity index (χ3v) is 3.68. The molecule has 0 saturated carbocycles. The third kappa shape index (κ3) is 1.79. The monoisotopic (exact) mass is 291 g/mol. The molecule has 5 nitrogen and oxygen atoms in total. The molecule has 0 spiro atoms. The summed E-state index contributed by atoms with van der Waals surface area (Å²) >= 11 is 0. The van der Waals surface area contributed by atoms with Gasteiger partial charge in [0.25, 0.3) is 5.56 Å². The minimum atomic E-state index is -0.139. The van der Waals surface area contributed by atoms with Gasteiger partial charge in [0.1, 0.15) is 11.4 Å². The maximum Gasteiger partial charge on any atom is 0.256 e. The largest absolute Gasteiger partial charge is 0.495 e. The van der Waals surface area contributed by atoms with E-state index in [1.807, 2.05) is 53.2 Å². The van der Waals surface area contributed by atoms with Crippen molar-refractivity contribution in [1.82, 2.24) is 14.0 Å². The molecule has 0 aliphatic rings. The number of aromatic nitrogens is 3. The van der Waals surface area contributed by atoms with E-state index in [1.165, 1.54) is 0 Å². The number of rotatable bonds is 2. The fourth-order valence-electron chi connectivity index (χ4n) is 2.68. The molecule has 0 aliphatic carbocycles. The molecule has 4 rings (SSSR count). The van der Waals surface area contributed by atoms with E-state index in [-0.39, 0.29) is 5.56 Å². The van der Waals surface area contributed by atoms with Crippen LogP contribution in [0.3, 0.4) is 0 Å². The minimum Gasteiger partial charge on any atom is -0.495 e. The topological polar surface area (TPSA) is 48.5 Å². The summed E-state index contributed by atoms with van der Waals surface area (Å²) in [6, 6.07) is 14.8. The average Bonchev–Trinajstić information content (AvgIpc) is 2.97. The molecule has 0 fully saturated rings. The molecule has 0 atom stereocenters. The van der Waals surface area contributed by atoms with Crippen molar-refractivity contribution in [2.24, 2.45) is 0 Å². The van der Waals surface area contributed by atoms with Crippen molar-refractivity contribution in [2.45, 2.75) is 0 Å². The summed E-state index contributed by atoms with van der Waals surface area (Å²) in [6.45, 7) is 0. The van der Waals surface area contributed by atoms with E-state index in [2.05, 4.69) is 4.98 Å². The molecule has 0 amide bonds.